The average molecular weight is 537 g/mol. The highest BCUT2D eigenvalue weighted by Gasteiger charge is 2.23. The van der Waals surface area contributed by atoms with Crippen LogP contribution in [-0.2, 0) is 9.59 Å². The molecule has 0 saturated heterocycles. The summed E-state index contributed by atoms with van der Waals surface area (Å²) < 4.78 is 5.51. The topological polar surface area (TPSA) is 67.4 Å². The number of nitrogens with one attached hydrogen (secondary N) is 2. The minimum absolute atomic E-state index is 0.113. The minimum atomic E-state index is -0.565. The molecule has 0 bridgehead atoms. The number of amides is 2. The van der Waals surface area contributed by atoms with Gasteiger partial charge < -0.3 is 15.4 Å². The number of carbonyl (C=O) groups excluding carboxylic acids is 2. The SMILES string of the molecule is O=C(COc1ccccc1)Nc1cccc(SC(C(=O)Nc2ccc(Cl)cc2Cl)c2ccccc2)c1. The number of halogens is 2. The summed E-state index contributed by atoms with van der Waals surface area (Å²) >= 11 is 13.6. The van der Waals surface area contributed by atoms with Crippen LogP contribution in [-0.4, -0.2) is 18.4 Å². The molecular weight excluding hydrogens is 515 g/mol. The zero-order valence-electron chi connectivity index (χ0n) is 19.0. The number of ether oxygens (including phenoxy) is 1. The van der Waals surface area contributed by atoms with Gasteiger partial charge in [0, 0.05) is 15.6 Å². The summed E-state index contributed by atoms with van der Waals surface area (Å²) in [5.74, 6) is 0.103. The molecule has 5 nitrogen and oxygen atoms in total. The van der Waals surface area contributed by atoms with Crippen molar-refractivity contribution in [2.75, 3.05) is 17.2 Å². The van der Waals surface area contributed by atoms with Crippen molar-refractivity contribution in [3.05, 3.63) is 119 Å². The first kappa shape index (κ1) is 25.6. The molecule has 0 saturated carbocycles. The van der Waals surface area contributed by atoms with Gasteiger partial charge in [-0.1, -0.05) is 77.8 Å². The van der Waals surface area contributed by atoms with Gasteiger partial charge >= 0.3 is 0 Å². The van der Waals surface area contributed by atoms with Crippen LogP contribution in [0.2, 0.25) is 10.0 Å². The lowest BCUT2D eigenvalue weighted by Crippen LogP contribution is -2.20. The molecule has 182 valence electrons. The Labute approximate surface area is 223 Å². The van der Waals surface area contributed by atoms with Crippen molar-refractivity contribution in [2.24, 2.45) is 0 Å². The summed E-state index contributed by atoms with van der Waals surface area (Å²) in [7, 11) is 0. The molecule has 1 unspecified atom stereocenters. The predicted octanol–water partition coefficient (Wildman–Crippen LogP) is 7.48. The van der Waals surface area contributed by atoms with Crippen LogP contribution in [0.3, 0.4) is 0 Å². The van der Waals surface area contributed by atoms with Crippen LogP contribution in [0.1, 0.15) is 10.8 Å². The van der Waals surface area contributed by atoms with Gasteiger partial charge in [-0.25, -0.2) is 0 Å². The van der Waals surface area contributed by atoms with E-state index in [1.165, 1.54) is 11.8 Å². The number of anilines is 2. The summed E-state index contributed by atoms with van der Waals surface area (Å²) in [5, 5.41) is 6.02. The largest absolute Gasteiger partial charge is 0.484 e. The molecule has 0 aromatic heterocycles. The first-order chi connectivity index (χ1) is 17.5. The highest BCUT2D eigenvalue weighted by Crippen LogP contribution is 2.38. The molecule has 8 heteroatoms. The Hall–Kier alpha value is -3.45. The number of thioether (sulfide) groups is 1. The van der Waals surface area contributed by atoms with Crippen LogP contribution < -0.4 is 15.4 Å². The van der Waals surface area contributed by atoms with Gasteiger partial charge in [0.05, 0.1) is 10.7 Å². The molecule has 0 radical (unpaired) electrons. The van der Waals surface area contributed by atoms with E-state index in [4.69, 9.17) is 27.9 Å². The molecule has 1 atom stereocenters. The van der Waals surface area contributed by atoms with Crippen LogP contribution in [0.5, 0.6) is 5.75 Å². The fraction of sp³-hybridized carbons (Fsp3) is 0.0714. The fourth-order valence-electron chi connectivity index (χ4n) is 3.34. The van der Waals surface area contributed by atoms with Crippen LogP contribution >= 0.6 is 35.0 Å². The number of rotatable bonds is 9. The van der Waals surface area contributed by atoms with Crippen molar-refractivity contribution in [3.63, 3.8) is 0 Å². The number of carbonyl (C=O) groups is 2. The van der Waals surface area contributed by atoms with E-state index in [9.17, 15) is 9.59 Å². The van der Waals surface area contributed by atoms with E-state index in [1.807, 2.05) is 66.7 Å². The highest BCUT2D eigenvalue weighted by molar-refractivity contribution is 8.00. The van der Waals surface area contributed by atoms with E-state index in [0.29, 0.717) is 27.2 Å². The summed E-state index contributed by atoms with van der Waals surface area (Å²) in [6.07, 6.45) is 0. The summed E-state index contributed by atoms with van der Waals surface area (Å²) in [5.41, 5.74) is 1.91. The Bertz CT molecular complexity index is 1340. The molecule has 2 amide bonds. The van der Waals surface area contributed by atoms with Gasteiger partial charge in [0.25, 0.3) is 5.91 Å². The second-order valence-electron chi connectivity index (χ2n) is 7.70. The van der Waals surface area contributed by atoms with E-state index in [2.05, 4.69) is 10.6 Å². The molecule has 0 heterocycles. The highest BCUT2D eigenvalue weighted by atomic mass is 35.5. The van der Waals surface area contributed by atoms with E-state index in [0.717, 1.165) is 10.5 Å². The predicted molar refractivity (Wildman–Crippen MR) is 147 cm³/mol. The van der Waals surface area contributed by atoms with Crippen molar-refractivity contribution in [3.8, 4) is 5.75 Å². The van der Waals surface area contributed by atoms with E-state index in [1.54, 1.807) is 36.4 Å². The smallest absolute Gasteiger partial charge is 0.262 e. The number of hydrogen-bond donors (Lipinski definition) is 2. The van der Waals surface area contributed by atoms with Gasteiger partial charge in [-0.3, -0.25) is 9.59 Å². The van der Waals surface area contributed by atoms with Gasteiger partial charge in [-0.05, 0) is 54.1 Å². The van der Waals surface area contributed by atoms with Crippen molar-refractivity contribution < 1.29 is 14.3 Å². The summed E-state index contributed by atoms with van der Waals surface area (Å²) in [6, 6.07) is 30.8. The monoisotopic (exact) mass is 536 g/mol. The second kappa shape index (κ2) is 12.5. The zero-order valence-corrected chi connectivity index (χ0v) is 21.3. The van der Waals surface area contributed by atoms with E-state index in [-0.39, 0.29) is 18.4 Å². The minimum Gasteiger partial charge on any atom is -0.484 e. The number of benzene rings is 4. The lowest BCUT2D eigenvalue weighted by Gasteiger charge is -2.18. The van der Waals surface area contributed by atoms with E-state index >= 15 is 0 Å². The third-order valence-corrected chi connectivity index (χ3v) is 6.81. The van der Waals surface area contributed by atoms with Gasteiger partial charge in [-0.15, -0.1) is 11.8 Å². The molecule has 0 aliphatic carbocycles. The van der Waals surface area contributed by atoms with Gasteiger partial charge in [0.1, 0.15) is 11.0 Å². The quantitative estimate of drug-likeness (QED) is 0.217. The molecule has 2 N–H and O–H groups in total. The molecule has 0 aliphatic rings. The van der Waals surface area contributed by atoms with Crippen molar-refractivity contribution in [2.45, 2.75) is 10.1 Å². The lowest BCUT2D eigenvalue weighted by atomic mass is 10.1. The Morgan fingerprint density at radius 2 is 1.53 bits per heavy atom. The molecule has 0 aliphatic heterocycles. The normalized spacial score (nSPS) is 11.4. The maximum absolute atomic E-state index is 13.3. The van der Waals surface area contributed by atoms with E-state index < -0.39 is 5.25 Å². The fourth-order valence-corrected chi connectivity index (χ4v) is 4.88. The molecule has 0 fully saturated rings. The molecule has 4 rings (SSSR count). The summed E-state index contributed by atoms with van der Waals surface area (Å²) in [6.45, 7) is -0.113. The second-order valence-corrected chi connectivity index (χ2v) is 9.72. The van der Waals surface area contributed by atoms with Crippen molar-refractivity contribution in [1.82, 2.24) is 0 Å². The van der Waals surface area contributed by atoms with Gasteiger partial charge in [0.15, 0.2) is 6.61 Å². The molecule has 4 aromatic rings. The van der Waals surface area contributed by atoms with Crippen LogP contribution in [0.25, 0.3) is 0 Å². The Kier molecular flexibility index (Phi) is 8.90. The maximum atomic E-state index is 13.3. The van der Waals surface area contributed by atoms with Gasteiger partial charge in [-0.2, -0.15) is 0 Å². The number of para-hydroxylation sites is 1. The first-order valence-electron chi connectivity index (χ1n) is 11.0. The Balaban J connectivity index is 1.47. The molecular formula is C28H22Cl2N2O3S. The maximum Gasteiger partial charge on any atom is 0.262 e. The van der Waals surface area contributed by atoms with Crippen molar-refractivity contribution >= 4 is 58.2 Å². The summed E-state index contributed by atoms with van der Waals surface area (Å²) in [4.78, 5) is 26.5. The molecule has 36 heavy (non-hydrogen) atoms. The molecule has 0 spiro atoms. The Morgan fingerprint density at radius 3 is 2.25 bits per heavy atom. The third kappa shape index (κ3) is 7.28. The lowest BCUT2D eigenvalue weighted by molar-refractivity contribution is -0.118. The average Bonchev–Trinajstić information content (AvgIpc) is 2.89. The van der Waals surface area contributed by atoms with Crippen LogP contribution in [0.15, 0.2) is 108 Å². The van der Waals surface area contributed by atoms with Crippen LogP contribution in [0, 0.1) is 0 Å². The standard InChI is InChI=1S/C28H22Cl2N2O3S/c29-20-14-15-25(24(30)16-20)32-28(34)27(19-8-3-1-4-9-19)36-23-13-7-10-21(17-23)31-26(33)18-35-22-11-5-2-6-12-22/h1-17,27H,18H2,(H,31,33)(H,32,34). The number of hydrogen-bond acceptors (Lipinski definition) is 4. The first-order valence-corrected chi connectivity index (χ1v) is 12.7. The van der Waals surface area contributed by atoms with Crippen LogP contribution in [0.4, 0.5) is 11.4 Å². The Morgan fingerprint density at radius 1 is 0.806 bits per heavy atom. The van der Waals surface area contributed by atoms with Gasteiger partial charge in [0.2, 0.25) is 5.91 Å². The zero-order chi connectivity index (χ0) is 25.3. The van der Waals surface area contributed by atoms with Crippen molar-refractivity contribution in [1.29, 1.82) is 0 Å². The third-order valence-electron chi connectivity index (χ3n) is 5.01. The molecule has 4 aromatic carbocycles.